The van der Waals surface area contributed by atoms with Crippen LogP contribution in [0.1, 0.15) is 13.8 Å². The van der Waals surface area contributed by atoms with Gasteiger partial charge in [-0.1, -0.05) is 19.9 Å². The van der Waals surface area contributed by atoms with Crippen LogP contribution in [0.5, 0.6) is 5.75 Å². The summed E-state index contributed by atoms with van der Waals surface area (Å²) in [5, 5.41) is 2.64. The van der Waals surface area contributed by atoms with E-state index in [9.17, 15) is 13.2 Å². The second-order valence-corrected chi connectivity index (χ2v) is 6.89. The summed E-state index contributed by atoms with van der Waals surface area (Å²) >= 11 is 0. The molecule has 5 nitrogen and oxygen atoms in total. The Morgan fingerprint density at radius 2 is 2.00 bits per heavy atom. The molecular weight excluding hydrogens is 254 g/mol. The second-order valence-electron chi connectivity index (χ2n) is 4.93. The minimum absolute atomic E-state index is 0.112. The van der Waals surface area contributed by atoms with E-state index in [1.165, 1.54) is 13.2 Å². The Hall–Kier alpha value is -1.56. The molecule has 1 N–H and O–H groups in total. The van der Waals surface area contributed by atoms with Crippen molar-refractivity contribution in [2.75, 3.05) is 18.2 Å². The van der Waals surface area contributed by atoms with Gasteiger partial charge in [-0.05, 0) is 12.1 Å². The number of carbonyl (C=O) groups is 1. The van der Waals surface area contributed by atoms with Crippen LogP contribution in [-0.2, 0) is 14.6 Å². The zero-order valence-corrected chi connectivity index (χ0v) is 11.3. The van der Waals surface area contributed by atoms with E-state index in [-0.39, 0.29) is 22.2 Å². The summed E-state index contributed by atoms with van der Waals surface area (Å²) in [6.07, 6.45) is 0. The van der Waals surface area contributed by atoms with Crippen molar-refractivity contribution < 1.29 is 17.9 Å². The molecule has 1 aromatic rings. The Kier molecular flexibility index (Phi) is 2.85. The minimum atomic E-state index is -3.52. The summed E-state index contributed by atoms with van der Waals surface area (Å²) in [4.78, 5) is 12.1. The number of hydrogen-bond donors (Lipinski definition) is 1. The number of hydrogen-bond acceptors (Lipinski definition) is 4. The average Bonchev–Trinajstić information content (AvgIpc) is 2.33. The van der Waals surface area contributed by atoms with Gasteiger partial charge in [-0.3, -0.25) is 4.79 Å². The molecule has 0 fully saturated rings. The predicted molar refractivity (Wildman–Crippen MR) is 67.5 cm³/mol. The lowest BCUT2D eigenvalue weighted by Gasteiger charge is -2.19. The van der Waals surface area contributed by atoms with E-state index in [0.29, 0.717) is 5.75 Å². The van der Waals surface area contributed by atoms with Gasteiger partial charge in [0, 0.05) is 0 Å². The maximum Gasteiger partial charge on any atom is 0.231 e. The predicted octanol–water partition coefficient (Wildman–Crippen LogP) is 1.45. The summed E-state index contributed by atoms with van der Waals surface area (Å²) in [5.74, 6) is -0.192. The first-order valence-electron chi connectivity index (χ1n) is 5.49. The highest BCUT2D eigenvalue weighted by molar-refractivity contribution is 7.91. The average molecular weight is 269 g/mol. The number of nitrogens with one attached hydrogen (secondary N) is 1. The second kappa shape index (κ2) is 3.98. The largest absolute Gasteiger partial charge is 0.495 e. The maximum absolute atomic E-state index is 12.3. The lowest BCUT2D eigenvalue weighted by atomic mass is 9.95. The van der Waals surface area contributed by atoms with Gasteiger partial charge in [-0.25, -0.2) is 8.42 Å². The van der Waals surface area contributed by atoms with E-state index >= 15 is 0 Å². The number of methoxy groups -OCH3 is 1. The van der Waals surface area contributed by atoms with Crippen LogP contribution in [0, 0.1) is 5.41 Å². The molecule has 1 aromatic carbocycles. The molecule has 0 radical (unpaired) electrons. The van der Waals surface area contributed by atoms with Gasteiger partial charge in [-0.15, -0.1) is 0 Å². The number of para-hydroxylation sites is 1. The van der Waals surface area contributed by atoms with Gasteiger partial charge in [0.25, 0.3) is 0 Å². The van der Waals surface area contributed by atoms with Crippen molar-refractivity contribution in [2.45, 2.75) is 18.7 Å². The van der Waals surface area contributed by atoms with E-state index in [1.54, 1.807) is 26.0 Å². The van der Waals surface area contributed by atoms with Crippen molar-refractivity contribution in [3.8, 4) is 5.75 Å². The number of fused-ring (bicyclic) bond motifs is 1. The smallest absolute Gasteiger partial charge is 0.231 e. The van der Waals surface area contributed by atoms with Crippen LogP contribution in [0.15, 0.2) is 23.1 Å². The summed E-state index contributed by atoms with van der Waals surface area (Å²) in [6, 6.07) is 4.70. The Balaban J connectivity index is 2.72. The Morgan fingerprint density at radius 3 is 2.61 bits per heavy atom. The third-order valence-electron chi connectivity index (χ3n) is 2.95. The van der Waals surface area contributed by atoms with E-state index in [2.05, 4.69) is 5.32 Å². The normalized spacial score (nSPS) is 20.5. The Bertz CT molecular complexity index is 605. The summed E-state index contributed by atoms with van der Waals surface area (Å²) in [6.45, 7) is 3.22. The van der Waals surface area contributed by atoms with Crippen molar-refractivity contribution in [1.29, 1.82) is 0 Å². The van der Waals surface area contributed by atoms with Crippen molar-refractivity contribution in [3.63, 3.8) is 0 Å². The minimum Gasteiger partial charge on any atom is -0.495 e. The highest BCUT2D eigenvalue weighted by Gasteiger charge is 2.39. The third kappa shape index (κ3) is 1.96. The number of carbonyl (C=O) groups excluding carboxylic acids is 1. The first kappa shape index (κ1) is 12.9. The number of amides is 1. The molecule has 0 saturated carbocycles. The molecule has 2 rings (SSSR count). The molecule has 0 spiro atoms. The van der Waals surface area contributed by atoms with Gasteiger partial charge in [0.05, 0.1) is 23.2 Å². The topological polar surface area (TPSA) is 72.5 Å². The zero-order valence-electron chi connectivity index (χ0n) is 10.5. The van der Waals surface area contributed by atoms with Crippen LogP contribution in [-0.4, -0.2) is 27.2 Å². The SMILES string of the molecule is COc1cccc2c1NC(=O)C(C)(C)CS2(=O)=O. The van der Waals surface area contributed by atoms with Gasteiger partial charge in [-0.2, -0.15) is 0 Å². The lowest BCUT2D eigenvalue weighted by Crippen LogP contribution is -2.34. The van der Waals surface area contributed by atoms with E-state index in [1.807, 2.05) is 0 Å². The number of anilines is 1. The fraction of sp³-hybridized carbons (Fsp3) is 0.417. The quantitative estimate of drug-likeness (QED) is 0.837. The summed E-state index contributed by atoms with van der Waals surface area (Å²) < 4.78 is 29.6. The maximum atomic E-state index is 12.3. The first-order chi connectivity index (χ1) is 8.28. The van der Waals surface area contributed by atoms with Gasteiger partial charge in [0.1, 0.15) is 11.4 Å². The van der Waals surface area contributed by atoms with Gasteiger partial charge < -0.3 is 10.1 Å². The number of sulfone groups is 1. The number of benzene rings is 1. The summed E-state index contributed by atoms with van der Waals surface area (Å²) in [5.41, 5.74) is -0.737. The molecule has 6 heteroatoms. The fourth-order valence-corrected chi connectivity index (χ4v) is 3.95. The van der Waals surface area contributed by atoms with Crippen molar-refractivity contribution >= 4 is 21.4 Å². The van der Waals surface area contributed by atoms with Crippen LogP contribution >= 0.6 is 0 Å². The molecule has 0 aromatic heterocycles. The number of rotatable bonds is 1. The molecular formula is C12H15NO4S. The molecule has 98 valence electrons. The van der Waals surface area contributed by atoms with Gasteiger partial charge in [0.2, 0.25) is 5.91 Å². The molecule has 0 bridgehead atoms. The van der Waals surface area contributed by atoms with Crippen LogP contribution in [0.4, 0.5) is 5.69 Å². The molecule has 1 aliphatic rings. The molecule has 18 heavy (non-hydrogen) atoms. The van der Waals surface area contributed by atoms with Crippen molar-refractivity contribution in [1.82, 2.24) is 0 Å². The molecule has 1 heterocycles. The molecule has 0 atom stereocenters. The molecule has 1 aliphatic heterocycles. The first-order valence-corrected chi connectivity index (χ1v) is 7.14. The van der Waals surface area contributed by atoms with E-state index in [0.717, 1.165) is 0 Å². The molecule has 0 aliphatic carbocycles. The van der Waals surface area contributed by atoms with Crippen LogP contribution in [0.25, 0.3) is 0 Å². The Morgan fingerprint density at radius 1 is 1.33 bits per heavy atom. The monoisotopic (exact) mass is 269 g/mol. The van der Waals surface area contributed by atoms with Gasteiger partial charge >= 0.3 is 0 Å². The van der Waals surface area contributed by atoms with Crippen LogP contribution in [0.3, 0.4) is 0 Å². The summed E-state index contributed by atoms with van der Waals surface area (Å²) in [7, 11) is -2.08. The van der Waals surface area contributed by atoms with E-state index < -0.39 is 15.3 Å². The zero-order chi connectivity index (χ0) is 13.6. The highest BCUT2D eigenvalue weighted by Crippen LogP contribution is 2.38. The molecule has 0 saturated heterocycles. The van der Waals surface area contributed by atoms with Gasteiger partial charge in [0.15, 0.2) is 9.84 Å². The highest BCUT2D eigenvalue weighted by atomic mass is 32.2. The third-order valence-corrected chi connectivity index (χ3v) is 5.06. The van der Waals surface area contributed by atoms with E-state index in [4.69, 9.17) is 4.74 Å². The Labute approximate surface area is 106 Å². The fourth-order valence-electron chi connectivity index (χ4n) is 1.96. The standard InChI is InChI=1S/C12H15NO4S/c1-12(2)7-18(15,16)9-6-4-5-8(17-3)10(9)13-11(12)14/h4-6H,7H2,1-3H3,(H,13,14). The number of ether oxygens (including phenoxy) is 1. The van der Waals surface area contributed by atoms with Crippen molar-refractivity contribution in [3.05, 3.63) is 18.2 Å². The molecule has 0 unspecified atom stereocenters. The van der Waals surface area contributed by atoms with Crippen molar-refractivity contribution in [2.24, 2.45) is 5.41 Å². The van der Waals surface area contributed by atoms with Crippen LogP contribution < -0.4 is 10.1 Å². The van der Waals surface area contributed by atoms with Crippen LogP contribution in [0.2, 0.25) is 0 Å². The molecule has 1 amide bonds. The lowest BCUT2D eigenvalue weighted by molar-refractivity contribution is -0.122.